The van der Waals surface area contributed by atoms with Crippen molar-refractivity contribution in [3.05, 3.63) is 0 Å². The minimum absolute atomic E-state index is 0.0257. The molecule has 8 nitrogen and oxygen atoms in total. The molecule has 0 radical (unpaired) electrons. The van der Waals surface area contributed by atoms with E-state index in [1.165, 1.54) is 9.80 Å². The van der Waals surface area contributed by atoms with E-state index in [-0.39, 0.29) is 43.7 Å². The Bertz CT molecular complexity index is 638. The van der Waals surface area contributed by atoms with Crippen LogP contribution in [0.1, 0.15) is 64.2 Å². The molecule has 1 aliphatic heterocycles. The predicted octanol–water partition coefficient (Wildman–Crippen LogP) is 0.504. The van der Waals surface area contributed by atoms with Crippen LogP contribution < -0.4 is 0 Å². The van der Waals surface area contributed by atoms with Crippen LogP contribution in [-0.2, 0) is 14.4 Å². The highest BCUT2D eigenvalue weighted by Gasteiger charge is 2.42. The molecule has 0 unspecified atom stereocenters. The molecule has 0 aromatic rings. The number of carbonyl (C=O) groups excluding carboxylic acids is 3. The van der Waals surface area contributed by atoms with E-state index < -0.39 is 17.2 Å². The summed E-state index contributed by atoms with van der Waals surface area (Å²) in [5.41, 5.74) is -1.90. The number of rotatable bonds is 5. The van der Waals surface area contributed by atoms with Crippen molar-refractivity contribution in [3.63, 3.8) is 0 Å². The molecule has 3 fully saturated rings. The van der Waals surface area contributed by atoms with Gasteiger partial charge < -0.3 is 24.9 Å². The first-order valence-electron chi connectivity index (χ1n) is 10.9. The maximum absolute atomic E-state index is 13.0. The zero-order chi connectivity index (χ0) is 21.2. The highest BCUT2D eigenvalue weighted by Crippen LogP contribution is 2.34. The summed E-state index contributed by atoms with van der Waals surface area (Å²) in [5, 5.41) is 21.2. The maximum Gasteiger partial charge on any atom is 0.246 e. The molecule has 2 saturated carbocycles. The van der Waals surface area contributed by atoms with Gasteiger partial charge in [-0.2, -0.15) is 0 Å². The minimum Gasteiger partial charge on any atom is -0.389 e. The van der Waals surface area contributed by atoms with Gasteiger partial charge in [-0.05, 0) is 25.7 Å². The number of hydrogen-bond donors (Lipinski definition) is 2. The van der Waals surface area contributed by atoms with Crippen LogP contribution in [0.4, 0.5) is 0 Å². The highest BCUT2D eigenvalue weighted by atomic mass is 16.3. The molecule has 164 valence electrons. The van der Waals surface area contributed by atoms with Crippen molar-refractivity contribution in [2.45, 2.75) is 81.5 Å². The molecule has 0 spiro atoms. The molecule has 2 N–H and O–H groups in total. The third kappa shape index (κ3) is 5.09. The van der Waals surface area contributed by atoms with Crippen LogP contribution in [0.15, 0.2) is 0 Å². The van der Waals surface area contributed by atoms with E-state index in [1.54, 1.807) is 19.0 Å². The van der Waals surface area contributed by atoms with Crippen molar-refractivity contribution >= 4 is 17.7 Å². The summed E-state index contributed by atoms with van der Waals surface area (Å²) in [6.45, 7) is 0.746. The molecule has 0 aromatic carbocycles. The van der Waals surface area contributed by atoms with Gasteiger partial charge in [0, 0.05) is 27.2 Å². The Kier molecular flexibility index (Phi) is 6.53. The maximum atomic E-state index is 13.0. The summed E-state index contributed by atoms with van der Waals surface area (Å²) in [6.07, 6.45) is 6.27. The molecular weight excluding hydrogens is 374 g/mol. The van der Waals surface area contributed by atoms with Gasteiger partial charge in [0.15, 0.2) is 0 Å². The molecule has 8 heteroatoms. The Hall–Kier alpha value is -1.67. The van der Waals surface area contributed by atoms with Crippen LogP contribution in [0.2, 0.25) is 0 Å². The number of hydrogen-bond acceptors (Lipinski definition) is 5. The van der Waals surface area contributed by atoms with Gasteiger partial charge in [-0.1, -0.05) is 25.7 Å². The highest BCUT2D eigenvalue weighted by molar-refractivity contribution is 5.89. The monoisotopic (exact) mass is 409 g/mol. The van der Waals surface area contributed by atoms with Crippen LogP contribution in [0.5, 0.6) is 0 Å². The van der Waals surface area contributed by atoms with Crippen molar-refractivity contribution in [1.29, 1.82) is 0 Å². The Morgan fingerprint density at radius 1 is 0.862 bits per heavy atom. The zero-order valence-corrected chi connectivity index (χ0v) is 17.7. The van der Waals surface area contributed by atoms with Gasteiger partial charge >= 0.3 is 0 Å². The molecule has 1 heterocycles. The van der Waals surface area contributed by atoms with Crippen molar-refractivity contribution in [3.8, 4) is 0 Å². The molecule has 29 heavy (non-hydrogen) atoms. The number of aliphatic hydroxyl groups is 2. The average Bonchev–Trinajstić information content (AvgIpc) is 3.28. The number of carbonyl (C=O) groups is 3. The van der Waals surface area contributed by atoms with E-state index in [9.17, 15) is 24.6 Å². The lowest BCUT2D eigenvalue weighted by Gasteiger charge is -2.42. The number of nitrogens with zero attached hydrogens (tertiary/aromatic N) is 3. The van der Waals surface area contributed by atoms with E-state index >= 15 is 0 Å². The summed E-state index contributed by atoms with van der Waals surface area (Å²) < 4.78 is 0. The lowest BCUT2D eigenvalue weighted by Crippen LogP contribution is -2.62. The van der Waals surface area contributed by atoms with Gasteiger partial charge in [0.25, 0.3) is 0 Å². The van der Waals surface area contributed by atoms with Gasteiger partial charge in [-0.25, -0.2) is 0 Å². The second kappa shape index (κ2) is 8.60. The Morgan fingerprint density at radius 3 is 1.83 bits per heavy atom. The number of likely N-dealkylation sites (N-methyl/N-ethyl adjacent to an activating group) is 1. The quantitative estimate of drug-likeness (QED) is 0.689. The standard InChI is InChI=1S/C21H35N3O5/c1-22(2)19(27)16-15-23(17(25)13-20(28)7-3-4-8-20)11-12-24(16)18(26)14-21(29)9-5-6-10-21/h16,28-29H,3-15H2,1-2H3/t16-/m1/s1. The van der Waals surface area contributed by atoms with Crippen molar-refractivity contribution < 1.29 is 24.6 Å². The van der Waals surface area contributed by atoms with Crippen LogP contribution in [0.3, 0.4) is 0 Å². The molecule has 0 aromatic heterocycles. The molecule has 1 atom stereocenters. The van der Waals surface area contributed by atoms with Gasteiger partial charge in [-0.3, -0.25) is 14.4 Å². The second-order valence-electron chi connectivity index (χ2n) is 9.39. The summed E-state index contributed by atoms with van der Waals surface area (Å²) in [7, 11) is 3.27. The SMILES string of the molecule is CN(C)C(=O)[C@H]1CN(C(=O)CC2(O)CCCC2)CCN1C(=O)CC1(O)CCCC1. The second-order valence-corrected chi connectivity index (χ2v) is 9.39. The third-order valence-corrected chi connectivity index (χ3v) is 6.81. The smallest absolute Gasteiger partial charge is 0.246 e. The first-order chi connectivity index (χ1) is 13.6. The average molecular weight is 410 g/mol. The Labute approximate surface area is 172 Å². The lowest BCUT2D eigenvalue weighted by molar-refractivity contribution is -0.155. The minimum atomic E-state index is -0.971. The summed E-state index contributed by atoms with van der Waals surface area (Å²) in [5.74, 6) is -0.613. The fraction of sp³-hybridized carbons (Fsp3) is 0.857. The predicted molar refractivity (Wildman–Crippen MR) is 107 cm³/mol. The van der Waals surface area contributed by atoms with Crippen LogP contribution in [0.25, 0.3) is 0 Å². The molecule has 1 saturated heterocycles. The third-order valence-electron chi connectivity index (χ3n) is 6.81. The topological polar surface area (TPSA) is 101 Å². The first kappa shape index (κ1) is 22.0. The van der Waals surface area contributed by atoms with Gasteiger partial charge in [0.05, 0.1) is 30.6 Å². The molecule has 3 rings (SSSR count). The van der Waals surface area contributed by atoms with Crippen LogP contribution in [0, 0.1) is 0 Å². The van der Waals surface area contributed by atoms with Gasteiger partial charge in [0.1, 0.15) is 6.04 Å². The molecular formula is C21H35N3O5. The van der Waals surface area contributed by atoms with Crippen molar-refractivity contribution in [2.75, 3.05) is 33.7 Å². The lowest BCUT2D eigenvalue weighted by atomic mass is 9.95. The van der Waals surface area contributed by atoms with Crippen molar-refractivity contribution in [2.24, 2.45) is 0 Å². The van der Waals surface area contributed by atoms with Crippen molar-refractivity contribution in [1.82, 2.24) is 14.7 Å². The zero-order valence-electron chi connectivity index (χ0n) is 17.7. The van der Waals surface area contributed by atoms with Gasteiger partial charge in [0.2, 0.25) is 17.7 Å². The number of amides is 3. The summed E-state index contributed by atoms with van der Waals surface area (Å²) in [6, 6.07) is -0.751. The summed E-state index contributed by atoms with van der Waals surface area (Å²) in [4.78, 5) is 43.1. The van der Waals surface area contributed by atoms with E-state index in [4.69, 9.17) is 0 Å². The van der Waals surface area contributed by atoms with Crippen LogP contribution >= 0.6 is 0 Å². The molecule has 3 aliphatic rings. The molecule has 2 aliphatic carbocycles. The van der Waals surface area contributed by atoms with E-state index in [2.05, 4.69) is 0 Å². The van der Waals surface area contributed by atoms with E-state index in [0.717, 1.165) is 25.7 Å². The first-order valence-corrected chi connectivity index (χ1v) is 10.9. The van der Waals surface area contributed by atoms with E-state index in [1.807, 2.05) is 0 Å². The van der Waals surface area contributed by atoms with Gasteiger partial charge in [-0.15, -0.1) is 0 Å². The normalized spacial score (nSPS) is 25.9. The Morgan fingerprint density at radius 2 is 1.34 bits per heavy atom. The largest absolute Gasteiger partial charge is 0.389 e. The summed E-state index contributed by atoms with van der Waals surface area (Å²) >= 11 is 0. The van der Waals surface area contributed by atoms with E-state index in [0.29, 0.717) is 32.2 Å². The fourth-order valence-corrected chi connectivity index (χ4v) is 5.01. The molecule has 3 amide bonds. The van der Waals surface area contributed by atoms with Crippen LogP contribution in [-0.4, -0.2) is 93.6 Å². The number of piperazine rings is 1. The fourth-order valence-electron chi connectivity index (χ4n) is 5.01. The molecule has 0 bridgehead atoms. The Balaban J connectivity index is 1.68.